The predicted octanol–water partition coefficient (Wildman–Crippen LogP) is 12.1. The Bertz CT molecular complexity index is 1830. The second kappa shape index (κ2) is 15.6. The summed E-state index contributed by atoms with van der Waals surface area (Å²) in [6.07, 6.45) is 8.36. The third kappa shape index (κ3) is 8.50. The molecule has 3 aromatic carbocycles. The van der Waals surface area contributed by atoms with Crippen LogP contribution in [0.2, 0.25) is 0 Å². The van der Waals surface area contributed by atoms with Crippen molar-refractivity contribution >= 4 is 27.5 Å². The van der Waals surface area contributed by atoms with E-state index in [9.17, 15) is 9.90 Å². The molecule has 5 aromatic rings. The molecule has 0 saturated carbocycles. The van der Waals surface area contributed by atoms with Crippen molar-refractivity contribution < 1.29 is 34.4 Å². The van der Waals surface area contributed by atoms with Crippen LogP contribution in [0.3, 0.4) is 0 Å². The van der Waals surface area contributed by atoms with Gasteiger partial charge in [-0.05, 0) is 66.5 Å². The van der Waals surface area contributed by atoms with Crippen LogP contribution in [-0.4, -0.2) is 15.9 Å². The molecule has 0 aliphatic heterocycles. The second-order valence-corrected chi connectivity index (χ2v) is 13.9. The van der Waals surface area contributed by atoms with Crippen molar-refractivity contribution in [2.45, 2.75) is 93.4 Å². The maximum Gasteiger partial charge on any atom is 0.164 e. The van der Waals surface area contributed by atoms with Gasteiger partial charge in [0.2, 0.25) is 0 Å². The minimum Gasteiger partial charge on any atom is -0.512 e. The van der Waals surface area contributed by atoms with E-state index < -0.39 is 0 Å². The van der Waals surface area contributed by atoms with Gasteiger partial charge in [0.15, 0.2) is 5.78 Å². The van der Waals surface area contributed by atoms with Crippen LogP contribution in [-0.2, 0) is 30.3 Å². The Morgan fingerprint density at radius 3 is 2.11 bits per heavy atom. The van der Waals surface area contributed by atoms with Gasteiger partial charge >= 0.3 is 0 Å². The number of hydrogen-bond donors (Lipinski definition) is 1. The summed E-state index contributed by atoms with van der Waals surface area (Å²) in [6, 6.07) is 26.8. The number of carbonyl (C=O) groups excluding carboxylic acids is 1. The number of hydrogen-bond acceptors (Lipinski definition) is 4. The van der Waals surface area contributed by atoms with Crippen LogP contribution in [0.4, 0.5) is 0 Å². The monoisotopic (exact) mass is 809 g/mol. The Morgan fingerprint density at radius 1 is 0.830 bits per heavy atom. The van der Waals surface area contributed by atoms with Crippen molar-refractivity contribution in [1.29, 1.82) is 0 Å². The summed E-state index contributed by atoms with van der Waals surface area (Å²) in [5, 5.41) is 13.6. The Balaban J connectivity index is 0.000000290. The van der Waals surface area contributed by atoms with Crippen molar-refractivity contribution in [3.8, 4) is 22.4 Å². The van der Waals surface area contributed by atoms with E-state index in [2.05, 4.69) is 86.4 Å². The molecular weight excluding hydrogens is 759 g/mol. The summed E-state index contributed by atoms with van der Waals surface area (Å²) < 4.78 is 5.47. The molecule has 5 rings (SSSR count). The van der Waals surface area contributed by atoms with Gasteiger partial charge in [-0.1, -0.05) is 104 Å². The quantitative estimate of drug-likeness (QED) is 0.0915. The van der Waals surface area contributed by atoms with E-state index in [1.165, 1.54) is 17.0 Å². The van der Waals surface area contributed by atoms with Crippen LogP contribution in [0, 0.1) is 16.9 Å². The van der Waals surface area contributed by atoms with Crippen LogP contribution in [0.5, 0.6) is 0 Å². The Labute approximate surface area is 295 Å². The predicted molar refractivity (Wildman–Crippen MR) is 193 cm³/mol. The van der Waals surface area contributed by atoms with Gasteiger partial charge in [-0.3, -0.25) is 9.78 Å². The third-order valence-corrected chi connectivity index (χ3v) is 10.0. The topological polar surface area (TPSA) is 63.3 Å². The molecule has 0 atom stereocenters. The molecule has 47 heavy (non-hydrogen) atoms. The number of pyridine rings is 1. The standard InChI is InChI=1S/C27H22NO.C15H28O2.Ir/c1-27(2,3)24-16-22(15-20-6-4-5-7-23(20)24)25-17-19(10-12-28-25)18-8-9-26-21(14-18)11-13-29-26;1-7-14(5,8-2)12(16)11-13(17)15(6,9-3)10-4;/h4-14,16-17H,1-3H3;11,16H,7-10H2,1-6H3;/q-1;;/b;12-11-;. The normalized spacial score (nSPS) is 12.4. The molecule has 2 heterocycles. The maximum absolute atomic E-state index is 12.2. The molecule has 0 amide bonds. The van der Waals surface area contributed by atoms with E-state index in [-0.39, 0.29) is 47.9 Å². The van der Waals surface area contributed by atoms with Gasteiger partial charge in [-0.15, -0.1) is 29.1 Å². The molecule has 4 nitrogen and oxygen atoms in total. The first-order valence-corrected chi connectivity index (χ1v) is 16.6. The summed E-state index contributed by atoms with van der Waals surface area (Å²) in [6.45, 7) is 18.8. The first-order chi connectivity index (χ1) is 21.8. The number of aromatic nitrogens is 1. The first kappa shape index (κ1) is 37.9. The molecule has 0 spiro atoms. The van der Waals surface area contributed by atoms with Gasteiger partial charge in [0.25, 0.3) is 0 Å². The Morgan fingerprint density at radius 2 is 1.47 bits per heavy atom. The Hall–Kier alpha value is -3.53. The van der Waals surface area contributed by atoms with E-state index in [1.807, 2.05) is 59.9 Å². The van der Waals surface area contributed by atoms with Gasteiger partial charge in [0.05, 0.1) is 6.26 Å². The van der Waals surface area contributed by atoms with Crippen LogP contribution in [0.15, 0.2) is 95.4 Å². The summed E-state index contributed by atoms with van der Waals surface area (Å²) in [4.78, 5) is 16.8. The molecule has 0 saturated heterocycles. The van der Waals surface area contributed by atoms with Gasteiger partial charge in [0, 0.05) is 54.3 Å². The number of aliphatic hydroxyl groups is 1. The fourth-order valence-corrected chi connectivity index (χ4v) is 5.58. The first-order valence-electron chi connectivity index (χ1n) is 16.6. The smallest absolute Gasteiger partial charge is 0.164 e. The summed E-state index contributed by atoms with van der Waals surface area (Å²) >= 11 is 0. The van der Waals surface area contributed by atoms with E-state index in [1.54, 1.807) is 6.26 Å². The molecule has 0 aliphatic carbocycles. The van der Waals surface area contributed by atoms with Gasteiger partial charge in [-0.2, -0.15) is 0 Å². The molecule has 1 N–H and O–H groups in total. The number of fused-ring (bicyclic) bond motifs is 2. The number of nitrogens with zero attached hydrogens (tertiary/aromatic N) is 1. The van der Waals surface area contributed by atoms with E-state index in [0.29, 0.717) is 0 Å². The van der Waals surface area contributed by atoms with Crippen molar-refractivity contribution in [2.24, 2.45) is 10.8 Å². The minimum absolute atomic E-state index is 0. The maximum atomic E-state index is 12.2. The number of furan rings is 1. The van der Waals surface area contributed by atoms with E-state index in [0.717, 1.165) is 64.4 Å². The molecule has 0 bridgehead atoms. The molecule has 2 aromatic heterocycles. The van der Waals surface area contributed by atoms with Gasteiger partial charge < -0.3 is 9.52 Å². The molecule has 5 heteroatoms. The summed E-state index contributed by atoms with van der Waals surface area (Å²) in [7, 11) is 0. The van der Waals surface area contributed by atoms with Gasteiger partial charge in [0.1, 0.15) is 11.3 Å². The van der Waals surface area contributed by atoms with E-state index >= 15 is 0 Å². The molecule has 0 fully saturated rings. The summed E-state index contributed by atoms with van der Waals surface area (Å²) in [5.74, 6) is 0.286. The molecule has 0 unspecified atom stereocenters. The van der Waals surface area contributed by atoms with Crippen molar-refractivity contribution in [1.82, 2.24) is 4.98 Å². The zero-order valence-corrected chi connectivity index (χ0v) is 31.9. The number of ketones is 1. The van der Waals surface area contributed by atoms with Crippen molar-refractivity contribution in [3.63, 3.8) is 0 Å². The van der Waals surface area contributed by atoms with Crippen molar-refractivity contribution in [3.05, 3.63) is 103 Å². The number of carbonyl (C=O) groups is 1. The number of aliphatic hydroxyl groups excluding tert-OH is 1. The molecular formula is C42H50IrNO3-. The van der Waals surface area contributed by atoms with Crippen molar-refractivity contribution in [2.75, 3.05) is 0 Å². The second-order valence-electron chi connectivity index (χ2n) is 13.9. The molecule has 1 radical (unpaired) electrons. The van der Waals surface area contributed by atoms with E-state index in [4.69, 9.17) is 4.42 Å². The largest absolute Gasteiger partial charge is 0.512 e. The van der Waals surface area contributed by atoms with Crippen LogP contribution < -0.4 is 0 Å². The van der Waals surface area contributed by atoms with Crippen LogP contribution >= 0.6 is 0 Å². The summed E-state index contributed by atoms with van der Waals surface area (Å²) in [5.41, 5.74) is 5.90. The van der Waals surface area contributed by atoms with Gasteiger partial charge in [-0.25, -0.2) is 0 Å². The molecule has 0 aliphatic rings. The average molecular weight is 809 g/mol. The number of rotatable bonds is 9. The fourth-order valence-electron chi connectivity index (χ4n) is 5.58. The number of allylic oxidation sites excluding steroid dienone is 2. The minimum atomic E-state index is -0.337. The van der Waals surface area contributed by atoms with Crippen LogP contribution in [0.25, 0.3) is 44.1 Å². The average Bonchev–Trinajstić information content (AvgIpc) is 3.55. The number of benzene rings is 3. The zero-order chi connectivity index (χ0) is 33.7. The zero-order valence-electron chi connectivity index (χ0n) is 29.5. The Kier molecular flexibility index (Phi) is 12.6. The molecule has 251 valence electrons. The third-order valence-electron chi connectivity index (χ3n) is 10.0. The SMILES string of the molecule is CC(C)(C)c1cc(-c2cc(-c3ccc4occc4c3)ccn2)[c-]c2ccccc12.CCC(C)(CC)C(=O)/C=C(\O)C(C)(CC)CC.[Ir]. The van der Waals surface area contributed by atoms with Crippen LogP contribution in [0.1, 0.15) is 93.6 Å². The fraction of sp³-hybridized carbons (Fsp3) is 0.381.